The Balaban J connectivity index is 1.95. The second kappa shape index (κ2) is 5.12. The quantitative estimate of drug-likeness (QED) is 0.892. The zero-order valence-corrected chi connectivity index (χ0v) is 11.6. The molecule has 1 aromatic rings. The van der Waals surface area contributed by atoms with E-state index in [0.29, 0.717) is 17.4 Å². The molecule has 2 aliphatic heterocycles. The van der Waals surface area contributed by atoms with Crippen molar-refractivity contribution in [3.05, 3.63) is 28.3 Å². The summed E-state index contributed by atoms with van der Waals surface area (Å²) >= 11 is 6.38. The molecule has 2 heterocycles. The fourth-order valence-electron chi connectivity index (χ4n) is 2.97. The molecule has 0 aromatic heterocycles. The summed E-state index contributed by atoms with van der Waals surface area (Å²) in [5, 5.41) is 6.86. The monoisotopic (exact) mass is 280 g/mol. The molecule has 1 saturated heterocycles. The number of hydrogen-bond donors (Lipinski definition) is 2. The van der Waals surface area contributed by atoms with Gasteiger partial charge in [-0.05, 0) is 30.7 Å². The second-order valence-corrected chi connectivity index (χ2v) is 5.55. The van der Waals surface area contributed by atoms with Gasteiger partial charge in [0.15, 0.2) is 0 Å². The maximum atomic E-state index is 11.4. The Kier molecular flexibility index (Phi) is 3.48. The third-order valence-corrected chi connectivity index (χ3v) is 4.26. The van der Waals surface area contributed by atoms with Gasteiger partial charge in [-0.25, -0.2) is 0 Å². The number of fused-ring (bicyclic) bond motifs is 1. The molecule has 0 saturated carbocycles. The highest BCUT2D eigenvalue weighted by molar-refractivity contribution is 6.32. The maximum absolute atomic E-state index is 11.4. The van der Waals surface area contributed by atoms with E-state index in [1.165, 1.54) is 0 Å². The van der Waals surface area contributed by atoms with Crippen LogP contribution in [0.25, 0.3) is 0 Å². The van der Waals surface area contributed by atoms with Crippen molar-refractivity contribution in [1.82, 2.24) is 5.32 Å². The van der Waals surface area contributed by atoms with E-state index >= 15 is 0 Å². The van der Waals surface area contributed by atoms with Crippen LogP contribution < -0.4 is 10.6 Å². The minimum atomic E-state index is 0.0356. The molecule has 19 heavy (non-hydrogen) atoms. The third kappa shape index (κ3) is 2.36. The molecule has 1 fully saturated rings. The first-order valence-corrected chi connectivity index (χ1v) is 6.94. The summed E-state index contributed by atoms with van der Waals surface area (Å²) < 4.78 is 5.46. The fraction of sp³-hybridized carbons (Fsp3) is 0.500. The number of ether oxygens (including phenoxy) is 1. The number of nitrogens with one attached hydrogen (secondary N) is 2. The SMILES string of the molecule is CNC(c1cc2c(cc1Cl)NC(=O)C2)C1CCOC1. The van der Waals surface area contributed by atoms with Gasteiger partial charge in [0.1, 0.15) is 0 Å². The van der Waals surface area contributed by atoms with Crippen LogP contribution in [0.15, 0.2) is 12.1 Å². The van der Waals surface area contributed by atoms with E-state index in [1.54, 1.807) is 0 Å². The Morgan fingerprint density at radius 2 is 2.37 bits per heavy atom. The number of carbonyl (C=O) groups is 1. The highest BCUT2D eigenvalue weighted by atomic mass is 35.5. The molecule has 1 amide bonds. The Bertz CT molecular complexity index is 512. The second-order valence-electron chi connectivity index (χ2n) is 5.15. The van der Waals surface area contributed by atoms with Gasteiger partial charge in [-0.15, -0.1) is 0 Å². The van der Waals surface area contributed by atoms with E-state index < -0.39 is 0 Å². The van der Waals surface area contributed by atoms with Crippen LogP contribution in [0.5, 0.6) is 0 Å². The van der Waals surface area contributed by atoms with E-state index in [9.17, 15) is 4.79 Å². The molecule has 0 bridgehead atoms. The standard InChI is InChI=1S/C14H17ClN2O2/c1-16-14(8-2-3-19-7-8)10-4-9-5-13(18)17-12(9)6-11(10)15/h4,6,8,14,16H,2-3,5,7H2,1H3,(H,17,18). The fourth-order valence-corrected chi connectivity index (χ4v) is 3.25. The number of carbonyl (C=O) groups excluding carboxylic acids is 1. The average Bonchev–Trinajstić information content (AvgIpc) is 2.99. The van der Waals surface area contributed by atoms with Gasteiger partial charge in [-0.1, -0.05) is 17.7 Å². The molecular formula is C14H17ClN2O2. The number of rotatable bonds is 3. The molecule has 2 unspecified atom stereocenters. The minimum Gasteiger partial charge on any atom is -0.381 e. The smallest absolute Gasteiger partial charge is 0.228 e. The van der Waals surface area contributed by atoms with Crippen LogP contribution in [0.4, 0.5) is 5.69 Å². The normalized spacial score (nSPS) is 23.3. The molecule has 102 valence electrons. The summed E-state index contributed by atoms with van der Waals surface area (Å²) in [6.45, 7) is 1.57. The van der Waals surface area contributed by atoms with Gasteiger partial charge in [-0.3, -0.25) is 4.79 Å². The summed E-state index contributed by atoms with van der Waals surface area (Å²) in [6, 6.07) is 4.09. The Morgan fingerprint density at radius 3 is 3.05 bits per heavy atom. The van der Waals surface area contributed by atoms with Crippen molar-refractivity contribution in [2.45, 2.75) is 18.9 Å². The van der Waals surface area contributed by atoms with Crippen LogP contribution in [0.2, 0.25) is 5.02 Å². The first-order chi connectivity index (χ1) is 9.19. The predicted molar refractivity (Wildman–Crippen MR) is 74.5 cm³/mol. The lowest BCUT2D eigenvalue weighted by molar-refractivity contribution is -0.115. The van der Waals surface area contributed by atoms with Crippen LogP contribution >= 0.6 is 11.6 Å². The van der Waals surface area contributed by atoms with Crippen molar-refractivity contribution in [3.63, 3.8) is 0 Å². The summed E-state index contributed by atoms with van der Waals surface area (Å²) in [6.07, 6.45) is 1.48. The van der Waals surface area contributed by atoms with Crippen LogP contribution in [-0.4, -0.2) is 26.2 Å². The molecule has 5 heteroatoms. The van der Waals surface area contributed by atoms with Crippen molar-refractivity contribution in [2.75, 3.05) is 25.6 Å². The highest BCUT2D eigenvalue weighted by Gasteiger charge is 2.29. The highest BCUT2D eigenvalue weighted by Crippen LogP contribution is 2.37. The summed E-state index contributed by atoms with van der Waals surface area (Å²) in [4.78, 5) is 11.4. The summed E-state index contributed by atoms with van der Waals surface area (Å²) in [5.41, 5.74) is 2.94. The predicted octanol–water partition coefficient (Wildman–Crippen LogP) is 2.13. The van der Waals surface area contributed by atoms with E-state index in [4.69, 9.17) is 16.3 Å². The van der Waals surface area contributed by atoms with Crippen LogP contribution in [0, 0.1) is 5.92 Å². The molecule has 3 rings (SSSR count). The largest absolute Gasteiger partial charge is 0.381 e. The number of benzene rings is 1. The lowest BCUT2D eigenvalue weighted by Gasteiger charge is -2.24. The molecule has 2 N–H and O–H groups in total. The Morgan fingerprint density at radius 1 is 1.53 bits per heavy atom. The van der Waals surface area contributed by atoms with Crippen LogP contribution in [0.1, 0.15) is 23.6 Å². The molecule has 2 aliphatic rings. The van der Waals surface area contributed by atoms with Crippen molar-refractivity contribution in [2.24, 2.45) is 5.92 Å². The number of amides is 1. The van der Waals surface area contributed by atoms with Crippen molar-refractivity contribution >= 4 is 23.2 Å². The van der Waals surface area contributed by atoms with Gasteiger partial charge in [0.2, 0.25) is 5.91 Å². The average molecular weight is 281 g/mol. The lowest BCUT2D eigenvalue weighted by Crippen LogP contribution is -2.26. The van der Waals surface area contributed by atoms with Crippen LogP contribution in [-0.2, 0) is 16.0 Å². The topological polar surface area (TPSA) is 50.4 Å². The summed E-state index contributed by atoms with van der Waals surface area (Å²) in [5.74, 6) is 0.471. The molecule has 0 spiro atoms. The minimum absolute atomic E-state index is 0.0356. The van der Waals surface area contributed by atoms with Crippen molar-refractivity contribution in [1.29, 1.82) is 0 Å². The molecule has 1 aromatic carbocycles. The maximum Gasteiger partial charge on any atom is 0.228 e. The van der Waals surface area contributed by atoms with Gasteiger partial charge in [0.25, 0.3) is 0 Å². The number of anilines is 1. The molecule has 0 aliphatic carbocycles. The lowest BCUT2D eigenvalue weighted by atomic mass is 9.91. The first kappa shape index (κ1) is 12.9. The zero-order chi connectivity index (χ0) is 13.4. The van der Waals surface area contributed by atoms with Crippen molar-refractivity contribution in [3.8, 4) is 0 Å². The first-order valence-electron chi connectivity index (χ1n) is 6.56. The molecule has 4 nitrogen and oxygen atoms in total. The van der Waals surface area contributed by atoms with E-state index in [1.807, 2.05) is 13.1 Å². The van der Waals surface area contributed by atoms with Crippen LogP contribution in [0.3, 0.4) is 0 Å². The molecule has 2 atom stereocenters. The van der Waals surface area contributed by atoms with E-state index in [-0.39, 0.29) is 11.9 Å². The van der Waals surface area contributed by atoms with Gasteiger partial charge < -0.3 is 15.4 Å². The Hall–Kier alpha value is -1.10. The zero-order valence-electron chi connectivity index (χ0n) is 10.8. The van der Waals surface area contributed by atoms with E-state index in [2.05, 4.69) is 16.7 Å². The summed E-state index contributed by atoms with van der Waals surface area (Å²) in [7, 11) is 1.94. The number of halogens is 1. The number of hydrogen-bond acceptors (Lipinski definition) is 3. The van der Waals surface area contributed by atoms with Gasteiger partial charge in [0.05, 0.1) is 13.0 Å². The molecular weight excluding hydrogens is 264 g/mol. The van der Waals surface area contributed by atoms with Crippen molar-refractivity contribution < 1.29 is 9.53 Å². The Labute approximate surface area is 117 Å². The van der Waals surface area contributed by atoms with Gasteiger partial charge in [0, 0.05) is 29.3 Å². The molecule has 0 radical (unpaired) electrons. The van der Waals surface area contributed by atoms with Gasteiger partial charge in [-0.2, -0.15) is 0 Å². The van der Waals surface area contributed by atoms with Gasteiger partial charge >= 0.3 is 0 Å². The van der Waals surface area contributed by atoms with E-state index in [0.717, 1.165) is 36.4 Å². The third-order valence-electron chi connectivity index (χ3n) is 3.93.